The fraction of sp³-hybridized carbons (Fsp3) is 0.235. The molecular formula is C17H17N3O2. The van der Waals surface area contributed by atoms with Crippen molar-refractivity contribution in [3.8, 4) is 0 Å². The number of rotatable bonds is 4. The number of aliphatic hydroxyl groups excluding tert-OH is 1. The Morgan fingerprint density at radius 3 is 2.91 bits per heavy atom. The number of carbonyl (C=O) groups excluding carboxylic acids is 1. The first-order valence-electron chi connectivity index (χ1n) is 7.24. The molecule has 0 saturated heterocycles. The van der Waals surface area contributed by atoms with Crippen molar-refractivity contribution in [2.24, 2.45) is 5.92 Å². The smallest absolute Gasteiger partial charge is 0.244 e. The number of nitrogens with zero attached hydrogens (tertiary/aromatic N) is 2. The monoisotopic (exact) mass is 295 g/mol. The zero-order valence-corrected chi connectivity index (χ0v) is 12.0. The van der Waals surface area contributed by atoms with Crippen molar-refractivity contribution >= 4 is 23.0 Å². The van der Waals surface area contributed by atoms with Gasteiger partial charge >= 0.3 is 0 Å². The molecule has 2 aromatic rings. The lowest BCUT2D eigenvalue weighted by molar-refractivity contribution is -0.116. The summed E-state index contributed by atoms with van der Waals surface area (Å²) < 4.78 is 0. The quantitative estimate of drug-likeness (QED) is 0.665. The van der Waals surface area contributed by atoms with Gasteiger partial charge in [0, 0.05) is 24.6 Å². The highest BCUT2D eigenvalue weighted by molar-refractivity contribution is 5.92. The molecule has 1 aliphatic rings. The van der Waals surface area contributed by atoms with E-state index in [-0.39, 0.29) is 24.5 Å². The van der Waals surface area contributed by atoms with E-state index >= 15 is 0 Å². The first kappa shape index (κ1) is 14.4. The number of nitrogens with one attached hydrogen (secondary N) is 1. The number of amides is 1. The number of aliphatic hydroxyl groups is 1. The van der Waals surface area contributed by atoms with Crippen molar-refractivity contribution < 1.29 is 9.90 Å². The summed E-state index contributed by atoms with van der Waals surface area (Å²) in [4.78, 5) is 20.6. The summed E-state index contributed by atoms with van der Waals surface area (Å²) in [6.45, 7) is 0.116. The van der Waals surface area contributed by atoms with Gasteiger partial charge < -0.3 is 10.4 Å². The van der Waals surface area contributed by atoms with E-state index in [9.17, 15) is 4.79 Å². The lowest BCUT2D eigenvalue weighted by Gasteiger charge is -2.10. The van der Waals surface area contributed by atoms with E-state index in [2.05, 4.69) is 15.3 Å². The van der Waals surface area contributed by atoms with Crippen LogP contribution in [-0.4, -0.2) is 33.6 Å². The van der Waals surface area contributed by atoms with E-state index in [1.54, 1.807) is 12.3 Å². The maximum absolute atomic E-state index is 11.9. The molecule has 1 aromatic carbocycles. The molecule has 22 heavy (non-hydrogen) atoms. The number of para-hydroxylation sites is 2. The molecule has 0 aliphatic heterocycles. The largest absolute Gasteiger partial charge is 0.396 e. The van der Waals surface area contributed by atoms with Crippen LogP contribution in [0.25, 0.3) is 17.1 Å². The third-order valence-corrected chi connectivity index (χ3v) is 3.61. The van der Waals surface area contributed by atoms with E-state index < -0.39 is 0 Å². The van der Waals surface area contributed by atoms with Crippen LogP contribution >= 0.6 is 0 Å². The van der Waals surface area contributed by atoms with Gasteiger partial charge in [-0.05, 0) is 24.6 Å². The number of hydrogen-bond acceptors (Lipinski definition) is 4. The maximum atomic E-state index is 11.9. The lowest BCUT2D eigenvalue weighted by atomic mass is 10.1. The average molecular weight is 295 g/mol. The summed E-state index contributed by atoms with van der Waals surface area (Å²) >= 11 is 0. The second-order valence-corrected chi connectivity index (χ2v) is 5.30. The highest BCUT2D eigenvalue weighted by Crippen LogP contribution is 2.16. The van der Waals surface area contributed by atoms with Gasteiger partial charge in [-0.25, -0.2) is 4.98 Å². The fourth-order valence-electron chi connectivity index (χ4n) is 2.46. The molecule has 1 amide bonds. The van der Waals surface area contributed by atoms with Crippen molar-refractivity contribution in [1.29, 1.82) is 0 Å². The summed E-state index contributed by atoms with van der Waals surface area (Å²) in [5, 5.41) is 11.9. The molecule has 1 aliphatic carbocycles. The third kappa shape index (κ3) is 3.38. The molecule has 112 valence electrons. The van der Waals surface area contributed by atoms with Crippen LogP contribution in [0.1, 0.15) is 12.1 Å². The van der Waals surface area contributed by atoms with Crippen LogP contribution in [-0.2, 0) is 4.79 Å². The van der Waals surface area contributed by atoms with E-state index in [1.165, 1.54) is 6.08 Å². The molecule has 0 fully saturated rings. The van der Waals surface area contributed by atoms with Gasteiger partial charge in [0.25, 0.3) is 0 Å². The van der Waals surface area contributed by atoms with Gasteiger partial charge in [0.15, 0.2) is 0 Å². The molecule has 0 saturated carbocycles. The second kappa shape index (κ2) is 6.49. The summed E-state index contributed by atoms with van der Waals surface area (Å²) in [6.07, 6.45) is 9.34. The van der Waals surface area contributed by atoms with Gasteiger partial charge in [-0.15, -0.1) is 0 Å². The zero-order valence-electron chi connectivity index (χ0n) is 12.0. The van der Waals surface area contributed by atoms with Crippen LogP contribution in [0.2, 0.25) is 0 Å². The molecule has 1 heterocycles. The van der Waals surface area contributed by atoms with Gasteiger partial charge in [0.2, 0.25) is 5.91 Å². The van der Waals surface area contributed by atoms with Gasteiger partial charge in [-0.2, -0.15) is 0 Å². The maximum Gasteiger partial charge on any atom is 0.244 e. The SMILES string of the molecule is O=C(/C=C/c1cnc2ccccc2n1)N[C@@H]1C=C[C@H](CO)C1. The third-order valence-electron chi connectivity index (χ3n) is 3.61. The summed E-state index contributed by atoms with van der Waals surface area (Å²) in [5.41, 5.74) is 2.27. The van der Waals surface area contributed by atoms with Gasteiger partial charge in [0.05, 0.1) is 22.9 Å². The van der Waals surface area contributed by atoms with Gasteiger partial charge in [0.1, 0.15) is 0 Å². The molecule has 5 heteroatoms. The number of fused-ring (bicyclic) bond motifs is 1. The highest BCUT2D eigenvalue weighted by atomic mass is 16.3. The Morgan fingerprint density at radius 1 is 1.32 bits per heavy atom. The Bertz CT molecular complexity index is 740. The topological polar surface area (TPSA) is 75.1 Å². The van der Waals surface area contributed by atoms with Crippen molar-refractivity contribution in [3.05, 3.63) is 54.4 Å². The van der Waals surface area contributed by atoms with Crippen LogP contribution in [0.15, 0.2) is 48.7 Å². The minimum absolute atomic E-state index is 0.0167. The van der Waals surface area contributed by atoms with Crippen LogP contribution in [0.5, 0.6) is 0 Å². The molecule has 1 aromatic heterocycles. The highest BCUT2D eigenvalue weighted by Gasteiger charge is 2.18. The predicted molar refractivity (Wildman–Crippen MR) is 84.8 cm³/mol. The Morgan fingerprint density at radius 2 is 2.14 bits per heavy atom. The van der Waals surface area contributed by atoms with Crippen LogP contribution in [0.3, 0.4) is 0 Å². The molecule has 0 spiro atoms. The molecule has 2 N–H and O–H groups in total. The average Bonchev–Trinajstić information content (AvgIpc) is 3.00. The first-order valence-corrected chi connectivity index (χ1v) is 7.24. The minimum atomic E-state index is -0.178. The first-order chi connectivity index (χ1) is 10.7. The molecule has 0 bridgehead atoms. The number of carbonyl (C=O) groups is 1. The van der Waals surface area contributed by atoms with E-state index in [4.69, 9.17) is 5.11 Å². The molecule has 5 nitrogen and oxygen atoms in total. The minimum Gasteiger partial charge on any atom is -0.396 e. The summed E-state index contributed by atoms with van der Waals surface area (Å²) in [5.74, 6) is -0.0381. The Labute approximate surface area is 128 Å². The molecule has 0 radical (unpaired) electrons. The molecule has 2 atom stereocenters. The number of hydrogen-bond donors (Lipinski definition) is 2. The normalized spacial score (nSPS) is 20.8. The van der Waals surface area contributed by atoms with Crippen molar-refractivity contribution in [2.45, 2.75) is 12.5 Å². The standard InChI is InChI=1S/C17H17N3O2/c21-11-12-5-6-13(9-12)20-17(22)8-7-14-10-18-15-3-1-2-4-16(15)19-14/h1-8,10,12-13,21H,9,11H2,(H,20,22)/b8-7+/t12-,13+/m0/s1. The van der Waals surface area contributed by atoms with Crippen molar-refractivity contribution in [1.82, 2.24) is 15.3 Å². The molecule has 3 rings (SSSR count). The molecular weight excluding hydrogens is 278 g/mol. The zero-order chi connectivity index (χ0) is 15.4. The van der Waals surface area contributed by atoms with E-state index in [0.717, 1.165) is 17.5 Å². The Kier molecular flexibility index (Phi) is 4.25. The van der Waals surface area contributed by atoms with Crippen molar-refractivity contribution in [3.63, 3.8) is 0 Å². The van der Waals surface area contributed by atoms with Gasteiger partial charge in [-0.3, -0.25) is 9.78 Å². The lowest BCUT2D eigenvalue weighted by Crippen LogP contribution is -2.31. The van der Waals surface area contributed by atoms with Gasteiger partial charge in [-0.1, -0.05) is 24.3 Å². The van der Waals surface area contributed by atoms with Crippen LogP contribution < -0.4 is 5.32 Å². The number of aromatic nitrogens is 2. The second-order valence-electron chi connectivity index (χ2n) is 5.30. The Hall–Kier alpha value is -2.53. The van der Waals surface area contributed by atoms with Crippen LogP contribution in [0.4, 0.5) is 0 Å². The summed E-state index contributed by atoms with van der Waals surface area (Å²) in [7, 11) is 0. The number of benzene rings is 1. The molecule has 0 unspecified atom stereocenters. The van der Waals surface area contributed by atoms with E-state index in [1.807, 2.05) is 36.4 Å². The fourth-order valence-corrected chi connectivity index (χ4v) is 2.46. The van der Waals surface area contributed by atoms with Crippen molar-refractivity contribution in [2.75, 3.05) is 6.61 Å². The summed E-state index contributed by atoms with van der Waals surface area (Å²) in [6, 6.07) is 7.58. The van der Waals surface area contributed by atoms with E-state index in [0.29, 0.717) is 5.69 Å². The Balaban J connectivity index is 1.62. The predicted octanol–water partition coefficient (Wildman–Crippen LogP) is 1.70. The van der Waals surface area contributed by atoms with Crippen LogP contribution in [0, 0.1) is 5.92 Å².